The van der Waals surface area contributed by atoms with Crippen LogP contribution in [0.15, 0.2) is 46.9 Å². The normalized spacial score (nSPS) is 11.2. The summed E-state index contributed by atoms with van der Waals surface area (Å²) in [4.78, 5) is 12.2. The summed E-state index contributed by atoms with van der Waals surface area (Å²) < 4.78 is 6.80. The van der Waals surface area contributed by atoms with Crippen LogP contribution in [0.2, 0.25) is 0 Å². The fourth-order valence-electron chi connectivity index (χ4n) is 2.38. The van der Waals surface area contributed by atoms with Crippen molar-refractivity contribution >= 4 is 27.8 Å². The molecule has 0 heterocycles. The lowest BCUT2D eigenvalue weighted by atomic mass is 10.0. The minimum atomic E-state index is -0.00434. The van der Waals surface area contributed by atoms with E-state index in [0.717, 1.165) is 26.9 Å². The highest BCUT2D eigenvalue weighted by atomic mass is 79.9. The molecule has 0 aromatic heterocycles. The molecular formula is C20H21BrO2. The molecule has 0 spiro atoms. The van der Waals surface area contributed by atoms with E-state index in [0.29, 0.717) is 5.56 Å². The molecule has 0 amide bonds. The van der Waals surface area contributed by atoms with Crippen molar-refractivity contribution in [3.05, 3.63) is 69.2 Å². The second-order valence-corrected chi connectivity index (χ2v) is 6.77. The molecule has 2 nitrogen and oxygen atoms in total. The van der Waals surface area contributed by atoms with Crippen molar-refractivity contribution in [3.63, 3.8) is 0 Å². The fraction of sp³-hybridized carbons (Fsp3) is 0.250. The Morgan fingerprint density at radius 1 is 1.09 bits per heavy atom. The zero-order valence-corrected chi connectivity index (χ0v) is 15.5. The highest BCUT2D eigenvalue weighted by Crippen LogP contribution is 2.26. The molecule has 0 saturated heterocycles. The van der Waals surface area contributed by atoms with Crippen molar-refractivity contribution in [2.24, 2.45) is 0 Å². The lowest BCUT2D eigenvalue weighted by molar-refractivity contribution is 0.104. The van der Waals surface area contributed by atoms with Crippen LogP contribution in [0.5, 0.6) is 5.75 Å². The van der Waals surface area contributed by atoms with Crippen LogP contribution < -0.4 is 4.74 Å². The van der Waals surface area contributed by atoms with E-state index in [2.05, 4.69) is 15.9 Å². The zero-order valence-electron chi connectivity index (χ0n) is 13.9. The van der Waals surface area contributed by atoms with Gasteiger partial charge in [-0.1, -0.05) is 22.0 Å². The SMILES string of the molecule is Cc1cc(/C=C/C(=O)c2ccc(Br)cc2)cc(C)c1OC(C)C. The van der Waals surface area contributed by atoms with Gasteiger partial charge in [-0.15, -0.1) is 0 Å². The van der Waals surface area contributed by atoms with Crippen molar-refractivity contribution in [3.8, 4) is 5.75 Å². The third kappa shape index (κ3) is 4.80. The molecule has 0 N–H and O–H groups in total. The summed E-state index contributed by atoms with van der Waals surface area (Å²) in [6.45, 7) is 8.09. The number of hydrogen-bond donors (Lipinski definition) is 0. The molecule has 2 aromatic rings. The zero-order chi connectivity index (χ0) is 17.0. The molecule has 0 aliphatic heterocycles. The molecule has 3 heteroatoms. The van der Waals surface area contributed by atoms with Gasteiger partial charge in [-0.2, -0.15) is 0 Å². The van der Waals surface area contributed by atoms with Crippen molar-refractivity contribution < 1.29 is 9.53 Å². The molecule has 23 heavy (non-hydrogen) atoms. The molecule has 2 aromatic carbocycles. The van der Waals surface area contributed by atoms with Crippen LogP contribution in [0.4, 0.5) is 0 Å². The minimum absolute atomic E-state index is 0.00434. The van der Waals surface area contributed by atoms with Gasteiger partial charge in [0.2, 0.25) is 0 Å². The van der Waals surface area contributed by atoms with E-state index in [9.17, 15) is 4.79 Å². The summed E-state index contributed by atoms with van der Waals surface area (Å²) in [5.74, 6) is 0.923. The van der Waals surface area contributed by atoms with Gasteiger partial charge in [0, 0.05) is 10.0 Å². The fourth-order valence-corrected chi connectivity index (χ4v) is 2.65. The maximum absolute atomic E-state index is 12.2. The molecule has 0 aliphatic rings. The number of aryl methyl sites for hydroxylation is 2. The van der Waals surface area contributed by atoms with Gasteiger partial charge in [-0.3, -0.25) is 4.79 Å². The van der Waals surface area contributed by atoms with E-state index in [-0.39, 0.29) is 11.9 Å². The van der Waals surface area contributed by atoms with E-state index >= 15 is 0 Å². The van der Waals surface area contributed by atoms with Gasteiger partial charge in [0.1, 0.15) is 5.75 Å². The average molecular weight is 373 g/mol. The summed E-state index contributed by atoms with van der Waals surface area (Å²) >= 11 is 3.37. The lowest BCUT2D eigenvalue weighted by Gasteiger charge is -2.15. The first-order valence-electron chi connectivity index (χ1n) is 7.62. The van der Waals surface area contributed by atoms with Gasteiger partial charge in [-0.05, 0) is 86.9 Å². The molecule has 0 atom stereocenters. The molecule has 0 bridgehead atoms. The number of ketones is 1. The van der Waals surface area contributed by atoms with Crippen LogP contribution >= 0.6 is 15.9 Å². The maximum atomic E-state index is 12.2. The van der Waals surface area contributed by atoms with Crippen LogP contribution in [0.25, 0.3) is 6.08 Å². The number of carbonyl (C=O) groups is 1. The molecule has 120 valence electrons. The summed E-state index contributed by atoms with van der Waals surface area (Å²) in [7, 11) is 0. The Kier molecular flexibility index (Phi) is 5.78. The van der Waals surface area contributed by atoms with Gasteiger partial charge in [0.05, 0.1) is 6.10 Å². The third-order valence-corrected chi connectivity index (χ3v) is 3.92. The summed E-state index contributed by atoms with van der Waals surface area (Å²) in [5, 5.41) is 0. The van der Waals surface area contributed by atoms with E-state index in [1.807, 2.05) is 70.2 Å². The first-order chi connectivity index (χ1) is 10.9. The van der Waals surface area contributed by atoms with E-state index in [4.69, 9.17) is 4.74 Å². The highest BCUT2D eigenvalue weighted by Gasteiger charge is 2.08. The maximum Gasteiger partial charge on any atom is 0.185 e. The van der Waals surface area contributed by atoms with Crippen LogP contribution in [0.1, 0.15) is 40.9 Å². The molecule has 0 saturated carbocycles. The quantitative estimate of drug-likeness (QED) is 0.493. The van der Waals surface area contributed by atoms with Crippen LogP contribution in [0, 0.1) is 13.8 Å². The Bertz CT molecular complexity index is 705. The monoisotopic (exact) mass is 372 g/mol. The highest BCUT2D eigenvalue weighted by molar-refractivity contribution is 9.10. The van der Waals surface area contributed by atoms with Gasteiger partial charge in [0.25, 0.3) is 0 Å². The number of rotatable bonds is 5. The second kappa shape index (κ2) is 7.60. The van der Waals surface area contributed by atoms with Crippen molar-refractivity contribution in [2.75, 3.05) is 0 Å². The van der Waals surface area contributed by atoms with Crippen molar-refractivity contribution in [1.29, 1.82) is 0 Å². The van der Waals surface area contributed by atoms with E-state index in [1.54, 1.807) is 6.08 Å². The first kappa shape index (κ1) is 17.5. The molecule has 2 rings (SSSR count). The number of carbonyl (C=O) groups excluding carboxylic acids is 1. The number of allylic oxidation sites excluding steroid dienone is 1. The minimum Gasteiger partial charge on any atom is -0.490 e. The van der Waals surface area contributed by atoms with E-state index in [1.165, 1.54) is 0 Å². The topological polar surface area (TPSA) is 26.3 Å². The van der Waals surface area contributed by atoms with Crippen LogP contribution in [-0.4, -0.2) is 11.9 Å². The number of halogens is 1. The summed E-state index contributed by atoms with van der Waals surface area (Å²) in [6.07, 6.45) is 3.61. The Balaban J connectivity index is 2.19. The largest absolute Gasteiger partial charge is 0.490 e. The van der Waals surface area contributed by atoms with E-state index < -0.39 is 0 Å². The predicted octanol–water partition coefficient (Wildman–Crippen LogP) is 5.75. The average Bonchev–Trinajstić information content (AvgIpc) is 2.49. The Hall–Kier alpha value is -1.87. The summed E-state index contributed by atoms with van der Waals surface area (Å²) in [6, 6.07) is 11.4. The van der Waals surface area contributed by atoms with Crippen molar-refractivity contribution in [2.45, 2.75) is 33.8 Å². The predicted molar refractivity (Wildman–Crippen MR) is 99.2 cm³/mol. The standard InChI is InChI=1S/C20H21BrO2/c1-13(2)23-20-14(3)11-16(12-15(20)4)5-10-19(22)17-6-8-18(21)9-7-17/h5-13H,1-4H3/b10-5+. The Morgan fingerprint density at radius 2 is 1.65 bits per heavy atom. The molecule has 0 fully saturated rings. The van der Waals surface area contributed by atoms with Crippen molar-refractivity contribution in [1.82, 2.24) is 0 Å². The molecule has 0 radical (unpaired) electrons. The number of benzene rings is 2. The third-order valence-electron chi connectivity index (χ3n) is 3.39. The van der Waals surface area contributed by atoms with Gasteiger partial charge >= 0.3 is 0 Å². The summed E-state index contributed by atoms with van der Waals surface area (Å²) in [5.41, 5.74) is 3.84. The number of hydrogen-bond acceptors (Lipinski definition) is 2. The smallest absolute Gasteiger partial charge is 0.185 e. The van der Waals surface area contributed by atoms with Gasteiger partial charge < -0.3 is 4.74 Å². The molecule has 0 unspecified atom stereocenters. The van der Waals surface area contributed by atoms with Crippen LogP contribution in [0.3, 0.4) is 0 Å². The van der Waals surface area contributed by atoms with Gasteiger partial charge in [0.15, 0.2) is 5.78 Å². The van der Waals surface area contributed by atoms with Gasteiger partial charge in [-0.25, -0.2) is 0 Å². The lowest BCUT2D eigenvalue weighted by Crippen LogP contribution is -2.08. The molecule has 0 aliphatic carbocycles. The second-order valence-electron chi connectivity index (χ2n) is 5.85. The Labute approximate surface area is 146 Å². The first-order valence-corrected chi connectivity index (χ1v) is 8.42. The van der Waals surface area contributed by atoms with Crippen LogP contribution in [-0.2, 0) is 0 Å². The number of ether oxygens (including phenoxy) is 1. The molecular weight excluding hydrogens is 352 g/mol. The Morgan fingerprint density at radius 3 is 2.17 bits per heavy atom.